The van der Waals surface area contributed by atoms with E-state index < -0.39 is 27.0 Å². The van der Waals surface area contributed by atoms with Crippen LogP contribution in [0.1, 0.15) is 28.4 Å². The van der Waals surface area contributed by atoms with Gasteiger partial charge >= 0.3 is 0 Å². The van der Waals surface area contributed by atoms with Crippen LogP contribution < -0.4 is 16.3 Å². The van der Waals surface area contributed by atoms with E-state index in [9.17, 15) is 34.2 Å². The molecule has 4 rings (SSSR count). The van der Waals surface area contributed by atoms with Gasteiger partial charge in [-0.3, -0.25) is 35.2 Å². The number of anilines is 1. The summed E-state index contributed by atoms with van der Waals surface area (Å²) in [5.41, 5.74) is 3.74. The molecule has 0 bridgehead atoms. The third kappa shape index (κ3) is 5.70. The van der Waals surface area contributed by atoms with Gasteiger partial charge in [-0.25, -0.2) is 9.82 Å². The number of nitro benzene ring substituents is 2. The molecule has 0 atom stereocenters. The van der Waals surface area contributed by atoms with E-state index in [-0.39, 0.29) is 39.1 Å². The molecule has 0 saturated heterocycles. The molecule has 202 valence electrons. The summed E-state index contributed by atoms with van der Waals surface area (Å²) in [5, 5.41) is 29.8. The number of aryl methyl sites for hydroxylation is 1. The molecule has 0 unspecified atom stereocenters. The molecule has 1 aromatic heterocycles. The highest BCUT2D eigenvalue weighted by Gasteiger charge is 2.18. The number of rotatable bonds is 9. The largest absolute Gasteiger partial charge is 0.347 e. The Hall–Kier alpha value is -5.79. The Kier molecular flexibility index (Phi) is 7.99. The number of aromatic nitrogens is 1. The second kappa shape index (κ2) is 11.7. The Morgan fingerprint density at radius 1 is 0.975 bits per heavy atom. The Bertz CT molecular complexity index is 1770. The minimum Gasteiger partial charge on any atom is -0.347 e. The summed E-state index contributed by atoms with van der Waals surface area (Å²) in [6.45, 7) is 2.06. The van der Waals surface area contributed by atoms with Crippen molar-refractivity contribution in [3.63, 3.8) is 0 Å². The number of nitrogens with one attached hydrogen (secondary N) is 2. The fourth-order valence-electron chi connectivity index (χ4n) is 3.84. The lowest BCUT2D eigenvalue weighted by molar-refractivity contribution is -0.385. The number of hydrazone groups is 2. The predicted octanol–water partition coefficient (Wildman–Crippen LogP) is 4.19. The van der Waals surface area contributed by atoms with E-state index in [0.29, 0.717) is 12.1 Å². The molecule has 0 fully saturated rings. The number of amides is 1. The number of benzene rings is 3. The monoisotopic (exact) mass is 545 g/mol. The summed E-state index contributed by atoms with van der Waals surface area (Å²) >= 11 is 0. The molecule has 0 aliphatic carbocycles. The molecular formula is C26H20FN7O6. The maximum atomic E-state index is 14.9. The van der Waals surface area contributed by atoms with Gasteiger partial charge in [0.2, 0.25) is 5.43 Å². The van der Waals surface area contributed by atoms with Crippen LogP contribution in [0.2, 0.25) is 0 Å². The lowest BCUT2D eigenvalue weighted by atomic mass is 10.1. The van der Waals surface area contributed by atoms with Gasteiger partial charge in [-0.2, -0.15) is 10.2 Å². The number of hydrogen-bond donors (Lipinski definition) is 2. The lowest BCUT2D eigenvalue weighted by Crippen LogP contribution is -2.27. The van der Waals surface area contributed by atoms with E-state index in [1.54, 1.807) is 23.6 Å². The first-order valence-electron chi connectivity index (χ1n) is 11.7. The standard InChI is InChI=1S/C26H20FN7O6/c1-2-32-15-19(26(36)31-29-14-17-8-4-6-10-23(17)34(39)40)25(35)18-11-20(27)21(12-24(18)32)30-28-13-16-7-3-5-9-22(16)33(37)38/h3-15,30H,2H2,1H3,(H,31,36)/b28-13+,29-14+. The molecular weight excluding hydrogens is 525 g/mol. The summed E-state index contributed by atoms with van der Waals surface area (Å²) in [7, 11) is 0. The van der Waals surface area contributed by atoms with Crippen LogP contribution in [0.25, 0.3) is 10.9 Å². The highest BCUT2D eigenvalue weighted by molar-refractivity contribution is 5.98. The van der Waals surface area contributed by atoms with Gasteiger partial charge in [-0.1, -0.05) is 24.3 Å². The van der Waals surface area contributed by atoms with Gasteiger partial charge in [0.05, 0.1) is 44.6 Å². The number of carbonyl (C=O) groups is 1. The minimum absolute atomic E-state index is 0.0806. The van der Waals surface area contributed by atoms with Gasteiger partial charge in [-0.05, 0) is 31.2 Å². The molecule has 13 nitrogen and oxygen atoms in total. The lowest BCUT2D eigenvalue weighted by Gasteiger charge is -2.13. The van der Waals surface area contributed by atoms with Crippen LogP contribution in [0.15, 0.2) is 81.9 Å². The van der Waals surface area contributed by atoms with Crippen LogP contribution in [-0.4, -0.2) is 32.8 Å². The molecule has 1 amide bonds. The fraction of sp³-hybridized carbons (Fsp3) is 0.0769. The van der Waals surface area contributed by atoms with E-state index >= 15 is 0 Å². The molecule has 0 saturated carbocycles. The fourth-order valence-corrected chi connectivity index (χ4v) is 3.84. The Labute approximate surface area is 224 Å². The zero-order chi connectivity index (χ0) is 28.8. The van der Waals surface area contributed by atoms with E-state index in [1.807, 2.05) is 0 Å². The summed E-state index contributed by atoms with van der Waals surface area (Å²) in [6.07, 6.45) is 3.54. The number of para-hydroxylation sites is 2. The van der Waals surface area contributed by atoms with Crippen molar-refractivity contribution in [3.8, 4) is 0 Å². The third-order valence-electron chi connectivity index (χ3n) is 5.78. The van der Waals surface area contributed by atoms with Crippen LogP contribution in [0.3, 0.4) is 0 Å². The van der Waals surface area contributed by atoms with Crippen molar-refractivity contribution in [2.24, 2.45) is 10.2 Å². The van der Waals surface area contributed by atoms with Gasteiger partial charge in [-0.15, -0.1) is 0 Å². The maximum Gasteiger partial charge on any atom is 0.278 e. The number of nitro groups is 2. The van der Waals surface area contributed by atoms with E-state index in [2.05, 4.69) is 21.1 Å². The first-order valence-corrected chi connectivity index (χ1v) is 11.7. The van der Waals surface area contributed by atoms with Gasteiger partial charge in [0.15, 0.2) is 0 Å². The van der Waals surface area contributed by atoms with Crippen LogP contribution in [0, 0.1) is 26.0 Å². The summed E-state index contributed by atoms with van der Waals surface area (Å²) in [4.78, 5) is 47.0. The molecule has 0 aliphatic heterocycles. The predicted molar refractivity (Wildman–Crippen MR) is 146 cm³/mol. The summed E-state index contributed by atoms with van der Waals surface area (Å²) in [5.74, 6) is -1.74. The number of nitrogens with zero attached hydrogens (tertiary/aromatic N) is 5. The van der Waals surface area contributed by atoms with E-state index in [4.69, 9.17) is 0 Å². The highest BCUT2D eigenvalue weighted by Crippen LogP contribution is 2.23. The zero-order valence-corrected chi connectivity index (χ0v) is 20.8. The quantitative estimate of drug-likeness (QED) is 0.180. The summed E-state index contributed by atoms with van der Waals surface area (Å²) < 4.78 is 16.5. The van der Waals surface area contributed by atoms with Crippen molar-refractivity contribution in [1.82, 2.24) is 9.99 Å². The number of fused-ring (bicyclic) bond motifs is 1. The van der Waals surface area contributed by atoms with Gasteiger partial charge in [0.1, 0.15) is 11.4 Å². The zero-order valence-electron chi connectivity index (χ0n) is 20.8. The second-order valence-electron chi connectivity index (χ2n) is 8.21. The van der Waals surface area contributed by atoms with Crippen molar-refractivity contribution >= 4 is 46.3 Å². The Balaban J connectivity index is 1.61. The van der Waals surface area contributed by atoms with Gasteiger partial charge in [0.25, 0.3) is 17.3 Å². The number of carbonyl (C=O) groups excluding carboxylic acids is 1. The van der Waals surface area contributed by atoms with Crippen molar-refractivity contribution in [1.29, 1.82) is 0 Å². The van der Waals surface area contributed by atoms with Gasteiger partial charge in [0, 0.05) is 30.3 Å². The van der Waals surface area contributed by atoms with Crippen molar-refractivity contribution < 1.29 is 19.0 Å². The van der Waals surface area contributed by atoms with Crippen molar-refractivity contribution in [2.75, 3.05) is 5.43 Å². The molecule has 1 heterocycles. The molecule has 40 heavy (non-hydrogen) atoms. The highest BCUT2D eigenvalue weighted by atomic mass is 19.1. The normalized spacial score (nSPS) is 11.2. The first-order chi connectivity index (χ1) is 19.2. The molecule has 0 spiro atoms. The van der Waals surface area contributed by atoms with Crippen LogP contribution >= 0.6 is 0 Å². The second-order valence-corrected chi connectivity index (χ2v) is 8.21. The molecule has 4 aromatic rings. The van der Waals surface area contributed by atoms with Gasteiger partial charge < -0.3 is 4.57 Å². The SMILES string of the molecule is CCn1cc(C(=O)N/N=C/c2ccccc2[N+](=O)[O-])c(=O)c2cc(F)c(N/N=C/c3ccccc3[N+](=O)[O-])cc21. The van der Waals surface area contributed by atoms with Crippen LogP contribution in [0.5, 0.6) is 0 Å². The molecule has 14 heteroatoms. The molecule has 0 radical (unpaired) electrons. The Morgan fingerprint density at radius 3 is 2.12 bits per heavy atom. The minimum atomic E-state index is -0.888. The number of halogens is 1. The van der Waals surface area contributed by atoms with E-state index in [0.717, 1.165) is 12.3 Å². The number of hydrogen-bond acceptors (Lipinski definition) is 9. The van der Waals surface area contributed by atoms with Crippen molar-refractivity contribution in [3.05, 3.63) is 120 Å². The molecule has 0 aliphatic rings. The smallest absolute Gasteiger partial charge is 0.278 e. The van der Waals surface area contributed by atoms with Crippen LogP contribution in [0.4, 0.5) is 21.5 Å². The average molecular weight is 545 g/mol. The molecule has 3 aromatic carbocycles. The number of pyridine rings is 1. The van der Waals surface area contributed by atoms with Crippen LogP contribution in [-0.2, 0) is 6.54 Å². The first kappa shape index (κ1) is 27.3. The average Bonchev–Trinajstić information content (AvgIpc) is 2.94. The van der Waals surface area contributed by atoms with E-state index in [1.165, 1.54) is 54.9 Å². The molecule has 2 N–H and O–H groups in total. The maximum absolute atomic E-state index is 14.9. The topological polar surface area (TPSA) is 174 Å². The summed E-state index contributed by atoms with van der Waals surface area (Å²) in [6, 6.07) is 13.9. The van der Waals surface area contributed by atoms with Crippen molar-refractivity contribution in [2.45, 2.75) is 13.5 Å². The Morgan fingerprint density at radius 2 is 1.55 bits per heavy atom. The third-order valence-corrected chi connectivity index (χ3v) is 5.78.